The molecule has 0 fully saturated rings. The first-order valence-corrected chi connectivity index (χ1v) is 8.63. The van der Waals surface area contributed by atoms with Crippen molar-refractivity contribution >= 4 is 12.1 Å². The Hall–Kier alpha value is -3.02. The molecule has 144 valence electrons. The number of ether oxygens (including phenoxy) is 2. The van der Waals surface area contributed by atoms with Gasteiger partial charge in [0, 0.05) is 6.42 Å². The number of nitrogens with one attached hydrogen (secondary N) is 1. The molecule has 0 aliphatic carbocycles. The summed E-state index contributed by atoms with van der Waals surface area (Å²) in [5.41, 5.74) is 2.15. The molecule has 0 aliphatic heterocycles. The molecular formula is C21H25NO5. The summed E-state index contributed by atoms with van der Waals surface area (Å²) in [6.45, 7) is 5.17. The zero-order valence-corrected chi connectivity index (χ0v) is 16.0. The third-order valence-corrected chi connectivity index (χ3v) is 3.81. The molecule has 2 N–H and O–H groups in total. The van der Waals surface area contributed by atoms with Gasteiger partial charge < -0.3 is 19.9 Å². The van der Waals surface area contributed by atoms with Gasteiger partial charge in [-0.15, -0.1) is 0 Å². The highest BCUT2D eigenvalue weighted by Crippen LogP contribution is 2.23. The number of alkyl carbamates (subject to hydrolysis) is 1. The monoisotopic (exact) mass is 371 g/mol. The zero-order valence-electron chi connectivity index (χ0n) is 16.0. The van der Waals surface area contributed by atoms with Crippen LogP contribution in [0.4, 0.5) is 4.79 Å². The average molecular weight is 371 g/mol. The topological polar surface area (TPSA) is 84.9 Å². The second-order valence-corrected chi connectivity index (χ2v) is 7.17. The SMILES string of the molecule is COc1ccc(-c2ccc(C[C@@H](NC(=O)OC(C)(C)C)C(=O)O)cc2)cc1. The summed E-state index contributed by atoms with van der Waals surface area (Å²) in [5, 5.41) is 11.8. The summed E-state index contributed by atoms with van der Waals surface area (Å²) < 4.78 is 10.3. The van der Waals surface area contributed by atoms with Gasteiger partial charge in [0.05, 0.1) is 7.11 Å². The number of carbonyl (C=O) groups excluding carboxylic acids is 1. The summed E-state index contributed by atoms with van der Waals surface area (Å²) in [6.07, 6.45) is -0.581. The van der Waals surface area contributed by atoms with E-state index in [0.29, 0.717) is 0 Å². The Morgan fingerprint density at radius 3 is 1.96 bits per heavy atom. The number of carboxylic acid groups (broad SMARTS) is 1. The van der Waals surface area contributed by atoms with Crippen LogP contribution in [0.1, 0.15) is 26.3 Å². The molecule has 0 aliphatic rings. The lowest BCUT2D eigenvalue weighted by Crippen LogP contribution is -2.44. The van der Waals surface area contributed by atoms with E-state index in [1.165, 1.54) is 0 Å². The molecule has 0 aromatic heterocycles. The Kier molecular flexibility index (Phi) is 6.45. The number of hydrogen-bond donors (Lipinski definition) is 2. The molecule has 6 nitrogen and oxygen atoms in total. The highest BCUT2D eigenvalue weighted by molar-refractivity contribution is 5.80. The third kappa shape index (κ3) is 6.33. The van der Waals surface area contributed by atoms with Crippen molar-refractivity contribution in [2.45, 2.75) is 38.8 Å². The molecule has 0 radical (unpaired) electrons. The lowest BCUT2D eigenvalue weighted by atomic mass is 10.0. The predicted octanol–water partition coefficient (Wildman–Crippen LogP) is 3.88. The van der Waals surface area contributed by atoms with Gasteiger partial charge in [-0.05, 0) is 49.6 Å². The number of hydrogen-bond acceptors (Lipinski definition) is 4. The van der Waals surface area contributed by atoms with Crippen LogP contribution in [-0.4, -0.2) is 35.9 Å². The van der Waals surface area contributed by atoms with Crippen LogP contribution in [0.5, 0.6) is 5.75 Å². The fourth-order valence-corrected chi connectivity index (χ4v) is 2.50. The second kappa shape index (κ2) is 8.58. The van der Waals surface area contributed by atoms with Crippen LogP contribution < -0.4 is 10.1 Å². The van der Waals surface area contributed by atoms with Crippen molar-refractivity contribution in [3.05, 3.63) is 54.1 Å². The molecule has 0 saturated heterocycles. The number of aliphatic carboxylic acids is 1. The number of benzene rings is 2. The summed E-state index contributed by atoms with van der Waals surface area (Å²) in [4.78, 5) is 23.3. The van der Waals surface area contributed by atoms with Gasteiger partial charge in [-0.3, -0.25) is 0 Å². The molecule has 27 heavy (non-hydrogen) atoms. The largest absolute Gasteiger partial charge is 0.497 e. The number of rotatable bonds is 6. The first kappa shape index (κ1) is 20.3. The van der Waals surface area contributed by atoms with E-state index >= 15 is 0 Å². The van der Waals surface area contributed by atoms with E-state index in [2.05, 4.69) is 5.32 Å². The van der Waals surface area contributed by atoms with E-state index in [9.17, 15) is 14.7 Å². The van der Waals surface area contributed by atoms with E-state index < -0.39 is 23.7 Å². The molecule has 0 saturated carbocycles. The minimum Gasteiger partial charge on any atom is -0.497 e. The molecule has 0 heterocycles. The van der Waals surface area contributed by atoms with Crippen LogP contribution in [0.25, 0.3) is 11.1 Å². The quantitative estimate of drug-likeness (QED) is 0.805. The van der Waals surface area contributed by atoms with Crippen molar-refractivity contribution in [2.75, 3.05) is 7.11 Å². The van der Waals surface area contributed by atoms with Gasteiger partial charge in [0.25, 0.3) is 0 Å². The van der Waals surface area contributed by atoms with Gasteiger partial charge in [-0.1, -0.05) is 36.4 Å². The summed E-state index contributed by atoms with van der Waals surface area (Å²) in [6, 6.07) is 14.2. The maximum Gasteiger partial charge on any atom is 0.408 e. The van der Waals surface area contributed by atoms with Crippen molar-refractivity contribution in [1.29, 1.82) is 0 Å². The molecule has 1 atom stereocenters. The van der Waals surface area contributed by atoms with Crippen LogP contribution >= 0.6 is 0 Å². The lowest BCUT2D eigenvalue weighted by Gasteiger charge is -2.22. The smallest absolute Gasteiger partial charge is 0.408 e. The third-order valence-electron chi connectivity index (χ3n) is 3.81. The number of carboxylic acids is 1. The van der Waals surface area contributed by atoms with Crippen LogP contribution in [0.3, 0.4) is 0 Å². The van der Waals surface area contributed by atoms with E-state index in [1.54, 1.807) is 27.9 Å². The molecule has 2 rings (SSSR count). The number of amides is 1. The Bertz CT molecular complexity index is 776. The average Bonchev–Trinajstić information content (AvgIpc) is 2.60. The van der Waals surface area contributed by atoms with Crippen LogP contribution in [0, 0.1) is 0 Å². The minimum absolute atomic E-state index is 0.164. The molecule has 0 unspecified atom stereocenters. The normalized spacial score (nSPS) is 12.1. The highest BCUT2D eigenvalue weighted by atomic mass is 16.6. The van der Waals surface area contributed by atoms with Crippen molar-refractivity contribution < 1.29 is 24.2 Å². The Labute approximate surface area is 159 Å². The van der Waals surface area contributed by atoms with Crippen LogP contribution in [0.15, 0.2) is 48.5 Å². The standard InChI is InChI=1S/C21H25NO5/c1-21(2,3)27-20(25)22-18(19(23)24)13-14-5-7-15(8-6-14)16-9-11-17(26-4)12-10-16/h5-12,18H,13H2,1-4H3,(H,22,25)(H,23,24)/t18-/m1/s1. The molecule has 6 heteroatoms. The minimum atomic E-state index is -1.11. The molecule has 2 aromatic rings. The number of carbonyl (C=O) groups is 2. The number of methoxy groups -OCH3 is 1. The molecule has 0 bridgehead atoms. The van der Waals surface area contributed by atoms with E-state index in [0.717, 1.165) is 22.4 Å². The van der Waals surface area contributed by atoms with Crippen molar-refractivity contribution in [3.8, 4) is 16.9 Å². The fourth-order valence-electron chi connectivity index (χ4n) is 2.50. The van der Waals surface area contributed by atoms with E-state index in [4.69, 9.17) is 9.47 Å². The molecule has 2 aromatic carbocycles. The second-order valence-electron chi connectivity index (χ2n) is 7.17. The Morgan fingerprint density at radius 2 is 1.52 bits per heavy atom. The van der Waals surface area contributed by atoms with Crippen LogP contribution in [-0.2, 0) is 16.0 Å². The van der Waals surface area contributed by atoms with E-state index in [-0.39, 0.29) is 6.42 Å². The summed E-state index contributed by atoms with van der Waals surface area (Å²) in [7, 11) is 1.62. The predicted molar refractivity (Wildman–Crippen MR) is 103 cm³/mol. The maximum atomic E-state index is 11.8. The van der Waals surface area contributed by atoms with Gasteiger partial charge in [0.15, 0.2) is 0 Å². The zero-order chi connectivity index (χ0) is 20.0. The van der Waals surface area contributed by atoms with E-state index in [1.807, 2.05) is 48.5 Å². The van der Waals surface area contributed by atoms with Gasteiger partial charge >= 0.3 is 12.1 Å². The van der Waals surface area contributed by atoms with Crippen molar-refractivity contribution in [1.82, 2.24) is 5.32 Å². The van der Waals surface area contributed by atoms with Gasteiger partial charge in [0.2, 0.25) is 0 Å². The van der Waals surface area contributed by atoms with Gasteiger partial charge in [-0.2, -0.15) is 0 Å². The Balaban J connectivity index is 2.05. The molecule has 1 amide bonds. The Morgan fingerprint density at radius 1 is 1.00 bits per heavy atom. The summed E-state index contributed by atoms with van der Waals surface area (Å²) in [5.74, 6) is -0.326. The lowest BCUT2D eigenvalue weighted by molar-refractivity contribution is -0.139. The van der Waals surface area contributed by atoms with Gasteiger partial charge in [0.1, 0.15) is 17.4 Å². The maximum absolute atomic E-state index is 11.8. The summed E-state index contributed by atoms with van der Waals surface area (Å²) >= 11 is 0. The van der Waals surface area contributed by atoms with Crippen molar-refractivity contribution in [3.63, 3.8) is 0 Å². The fraction of sp³-hybridized carbons (Fsp3) is 0.333. The first-order chi connectivity index (χ1) is 12.7. The van der Waals surface area contributed by atoms with Gasteiger partial charge in [-0.25, -0.2) is 9.59 Å². The van der Waals surface area contributed by atoms with Crippen LogP contribution in [0.2, 0.25) is 0 Å². The first-order valence-electron chi connectivity index (χ1n) is 8.63. The molecule has 0 spiro atoms. The van der Waals surface area contributed by atoms with Crippen molar-refractivity contribution in [2.24, 2.45) is 0 Å². The molecular weight excluding hydrogens is 346 g/mol. The highest BCUT2D eigenvalue weighted by Gasteiger charge is 2.24.